The van der Waals surface area contributed by atoms with E-state index in [-0.39, 0.29) is 28.5 Å². The number of aliphatic hydroxyl groups is 2. The fourth-order valence-electron chi connectivity index (χ4n) is 6.20. The highest BCUT2D eigenvalue weighted by molar-refractivity contribution is 5.77. The maximum atomic E-state index is 11.5. The van der Waals surface area contributed by atoms with Gasteiger partial charge in [-0.25, -0.2) is 4.79 Å². The van der Waals surface area contributed by atoms with Gasteiger partial charge in [-0.05, 0) is 67.6 Å². The van der Waals surface area contributed by atoms with Gasteiger partial charge in [0.25, 0.3) is 0 Å². The zero-order valence-electron chi connectivity index (χ0n) is 17.8. The molecule has 2 saturated carbocycles. The maximum absolute atomic E-state index is 11.5. The van der Waals surface area contributed by atoms with Gasteiger partial charge in [-0.15, -0.1) is 0 Å². The van der Waals surface area contributed by atoms with E-state index in [1.165, 1.54) is 6.07 Å². The zero-order chi connectivity index (χ0) is 21.0. The van der Waals surface area contributed by atoms with Crippen LogP contribution in [0, 0.1) is 22.7 Å². The van der Waals surface area contributed by atoms with Gasteiger partial charge in [-0.2, -0.15) is 0 Å². The number of hydrogen-bond acceptors (Lipinski definition) is 5. The lowest BCUT2D eigenvalue weighted by atomic mass is 9.45. The van der Waals surface area contributed by atoms with E-state index in [0.29, 0.717) is 30.3 Å². The molecule has 1 heterocycles. The Labute approximate surface area is 171 Å². The Balaban J connectivity index is 1.61. The summed E-state index contributed by atoms with van der Waals surface area (Å²) in [6, 6.07) is 8.62. The Kier molecular flexibility index (Phi) is 4.82. The molecule has 4 rings (SSSR count). The number of hydrogen-bond donors (Lipinski definition) is 2. The van der Waals surface area contributed by atoms with E-state index in [4.69, 9.17) is 9.15 Å². The predicted octanol–water partition coefficient (Wildman–Crippen LogP) is 4.14. The topological polar surface area (TPSA) is 79.9 Å². The van der Waals surface area contributed by atoms with Crippen LogP contribution in [-0.4, -0.2) is 28.5 Å². The first-order chi connectivity index (χ1) is 13.5. The third-order valence-electron chi connectivity index (χ3n) is 8.01. The lowest BCUT2D eigenvalue weighted by Gasteiger charge is -2.62. The summed E-state index contributed by atoms with van der Waals surface area (Å²) in [7, 11) is 0. The molecule has 0 saturated heterocycles. The molecule has 0 radical (unpaired) electrons. The standard InChI is InChI=1S/C24H32O5/c1-22(2)18-9-12-24(4,27)19(23(18,3)11-10-20(22)25)14-28-16-7-5-15-6-8-21(26)29-17(15)13-16/h5-8,13,18-20,25,27H,9-12,14H2,1-4H3/t18-,19+,20+,23-,24+/m0/s1. The van der Waals surface area contributed by atoms with Gasteiger partial charge < -0.3 is 19.4 Å². The van der Waals surface area contributed by atoms with Crippen LogP contribution in [0.15, 0.2) is 39.5 Å². The van der Waals surface area contributed by atoms with Crippen LogP contribution in [0.4, 0.5) is 0 Å². The molecule has 2 aromatic rings. The minimum atomic E-state index is -0.826. The van der Waals surface area contributed by atoms with E-state index in [9.17, 15) is 15.0 Å². The molecule has 29 heavy (non-hydrogen) atoms. The molecule has 158 valence electrons. The summed E-state index contributed by atoms with van der Waals surface area (Å²) in [5.74, 6) is 0.893. The molecule has 5 heteroatoms. The number of aliphatic hydroxyl groups excluding tert-OH is 1. The molecular formula is C24H32O5. The van der Waals surface area contributed by atoms with Crippen molar-refractivity contribution in [1.29, 1.82) is 0 Å². The molecule has 0 spiro atoms. The molecule has 0 bridgehead atoms. The molecule has 2 aliphatic carbocycles. The smallest absolute Gasteiger partial charge is 0.336 e. The highest BCUT2D eigenvalue weighted by Gasteiger charge is 2.60. The quantitative estimate of drug-likeness (QED) is 0.757. The molecule has 0 amide bonds. The van der Waals surface area contributed by atoms with E-state index in [1.807, 2.05) is 19.1 Å². The summed E-state index contributed by atoms with van der Waals surface area (Å²) in [4.78, 5) is 11.5. The van der Waals surface area contributed by atoms with Crippen molar-refractivity contribution in [2.45, 2.75) is 65.1 Å². The summed E-state index contributed by atoms with van der Waals surface area (Å²) in [5.41, 5.74) is -1.02. The number of fused-ring (bicyclic) bond motifs is 2. The molecule has 5 atom stereocenters. The van der Waals surface area contributed by atoms with E-state index in [1.54, 1.807) is 12.1 Å². The summed E-state index contributed by atoms with van der Waals surface area (Å²) < 4.78 is 11.4. The zero-order valence-corrected chi connectivity index (χ0v) is 17.8. The van der Waals surface area contributed by atoms with Crippen molar-refractivity contribution in [2.24, 2.45) is 22.7 Å². The van der Waals surface area contributed by atoms with Gasteiger partial charge in [0.15, 0.2) is 0 Å². The summed E-state index contributed by atoms with van der Waals surface area (Å²) in [6.45, 7) is 8.87. The first kappa shape index (κ1) is 20.4. The summed E-state index contributed by atoms with van der Waals surface area (Å²) in [6.07, 6.45) is 2.91. The van der Waals surface area contributed by atoms with Crippen molar-refractivity contribution in [1.82, 2.24) is 0 Å². The summed E-state index contributed by atoms with van der Waals surface area (Å²) in [5, 5.41) is 22.7. The Hall–Kier alpha value is -1.85. The average molecular weight is 401 g/mol. The molecule has 1 aromatic heterocycles. The monoisotopic (exact) mass is 400 g/mol. The SMILES string of the molecule is CC1(C)[C@H](O)CC[C@]2(C)[C@@H](COc3ccc4ccc(=O)oc4c3)[C@](C)(O)CC[C@@H]12. The van der Waals surface area contributed by atoms with Crippen molar-refractivity contribution >= 4 is 11.0 Å². The molecule has 2 N–H and O–H groups in total. The van der Waals surface area contributed by atoms with Crippen LogP contribution in [0.5, 0.6) is 5.75 Å². The van der Waals surface area contributed by atoms with Crippen LogP contribution in [0.3, 0.4) is 0 Å². The van der Waals surface area contributed by atoms with E-state index >= 15 is 0 Å². The van der Waals surface area contributed by atoms with Crippen molar-refractivity contribution in [2.75, 3.05) is 6.61 Å². The number of ether oxygens (including phenoxy) is 1. The molecule has 0 aliphatic heterocycles. The minimum absolute atomic E-state index is 0.0565. The van der Waals surface area contributed by atoms with E-state index < -0.39 is 5.60 Å². The van der Waals surface area contributed by atoms with Crippen molar-refractivity contribution < 1.29 is 19.4 Å². The molecule has 2 aliphatic rings. The van der Waals surface area contributed by atoms with Crippen LogP contribution >= 0.6 is 0 Å². The van der Waals surface area contributed by atoms with Gasteiger partial charge in [0.05, 0.1) is 18.3 Å². The molecule has 2 fully saturated rings. The first-order valence-corrected chi connectivity index (χ1v) is 10.6. The average Bonchev–Trinajstić information content (AvgIpc) is 2.64. The third kappa shape index (κ3) is 3.38. The Morgan fingerprint density at radius 3 is 2.59 bits per heavy atom. The van der Waals surface area contributed by atoms with Gasteiger partial charge >= 0.3 is 5.63 Å². The Bertz CT molecular complexity index is 959. The number of benzene rings is 1. The van der Waals surface area contributed by atoms with Crippen LogP contribution in [0.2, 0.25) is 0 Å². The van der Waals surface area contributed by atoms with Crippen molar-refractivity contribution in [3.63, 3.8) is 0 Å². The second kappa shape index (κ2) is 6.85. The van der Waals surface area contributed by atoms with Crippen LogP contribution in [-0.2, 0) is 0 Å². The van der Waals surface area contributed by atoms with E-state index in [2.05, 4.69) is 20.8 Å². The highest BCUT2D eigenvalue weighted by atomic mass is 16.5. The van der Waals surface area contributed by atoms with Crippen molar-refractivity contribution in [3.05, 3.63) is 40.8 Å². The van der Waals surface area contributed by atoms with Gasteiger partial charge in [-0.3, -0.25) is 0 Å². The van der Waals surface area contributed by atoms with Crippen LogP contribution in [0.1, 0.15) is 53.4 Å². The van der Waals surface area contributed by atoms with Gasteiger partial charge in [0.1, 0.15) is 11.3 Å². The highest BCUT2D eigenvalue weighted by Crippen LogP contribution is 2.61. The molecule has 0 unspecified atom stereocenters. The lowest BCUT2D eigenvalue weighted by molar-refractivity contribution is -0.201. The predicted molar refractivity (Wildman–Crippen MR) is 112 cm³/mol. The molecular weight excluding hydrogens is 368 g/mol. The largest absolute Gasteiger partial charge is 0.493 e. The fraction of sp³-hybridized carbons (Fsp3) is 0.625. The van der Waals surface area contributed by atoms with Crippen LogP contribution < -0.4 is 10.4 Å². The van der Waals surface area contributed by atoms with Crippen LogP contribution in [0.25, 0.3) is 11.0 Å². The molecule has 5 nitrogen and oxygen atoms in total. The van der Waals surface area contributed by atoms with Gasteiger partial charge in [0.2, 0.25) is 0 Å². The van der Waals surface area contributed by atoms with Crippen molar-refractivity contribution in [3.8, 4) is 5.75 Å². The number of rotatable bonds is 3. The first-order valence-electron chi connectivity index (χ1n) is 10.6. The fourth-order valence-corrected chi connectivity index (χ4v) is 6.20. The van der Waals surface area contributed by atoms with E-state index in [0.717, 1.165) is 24.6 Å². The third-order valence-corrected chi connectivity index (χ3v) is 8.01. The van der Waals surface area contributed by atoms with Gasteiger partial charge in [-0.1, -0.05) is 20.8 Å². The Morgan fingerprint density at radius 1 is 1.10 bits per heavy atom. The Morgan fingerprint density at radius 2 is 1.83 bits per heavy atom. The maximum Gasteiger partial charge on any atom is 0.336 e. The van der Waals surface area contributed by atoms with Gasteiger partial charge in [0, 0.05) is 23.4 Å². The minimum Gasteiger partial charge on any atom is -0.493 e. The lowest BCUT2D eigenvalue weighted by Crippen LogP contribution is -2.61. The second-order valence-electron chi connectivity index (χ2n) is 10.1. The second-order valence-corrected chi connectivity index (χ2v) is 10.1. The molecule has 1 aromatic carbocycles. The summed E-state index contributed by atoms with van der Waals surface area (Å²) >= 11 is 0. The normalized spacial score (nSPS) is 36.6.